The molecular formula is C30H21N3O4S3. The Labute approximate surface area is 241 Å². The molecule has 2 aromatic heterocycles. The summed E-state index contributed by atoms with van der Waals surface area (Å²) < 4.78 is 1.45. The molecule has 0 bridgehead atoms. The number of hydrogen-bond donors (Lipinski definition) is 1. The molecule has 2 aliphatic heterocycles. The summed E-state index contributed by atoms with van der Waals surface area (Å²) in [5.74, 6) is -1.98. The van der Waals surface area contributed by atoms with Crippen molar-refractivity contribution in [3.8, 4) is 0 Å². The van der Waals surface area contributed by atoms with Gasteiger partial charge in [0.15, 0.2) is 0 Å². The number of rotatable bonds is 5. The molecule has 7 nitrogen and oxygen atoms in total. The minimum Gasteiger partial charge on any atom is -0.324 e. The number of carbonyl (C=O) groups excluding carboxylic acids is 3. The van der Waals surface area contributed by atoms with Crippen LogP contribution >= 0.6 is 34.4 Å². The second kappa shape index (κ2) is 9.88. The maximum atomic E-state index is 13.8. The first-order valence-electron chi connectivity index (χ1n) is 12.7. The summed E-state index contributed by atoms with van der Waals surface area (Å²) >= 11 is 3.78. The van der Waals surface area contributed by atoms with Crippen molar-refractivity contribution in [1.82, 2.24) is 4.57 Å². The third kappa shape index (κ3) is 4.02. The van der Waals surface area contributed by atoms with Crippen molar-refractivity contribution in [2.45, 2.75) is 22.7 Å². The van der Waals surface area contributed by atoms with E-state index < -0.39 is 17.1 Å². The van der Waals surface area contributed by atoms with Crippen molar-refractivity contribution in [1.29, 1.82) is 0 Å². The number of fused-ring (bicyclic) bond motifs is 3. The number of nitrogens with one attached hydrogen (secondary N) is 1. The van der Waals surface area contributed by atoms with E-state index >= 15 is 0 Å². The normalized spacial score (nSPS) is 20.0. The summed E-state index contributed by atoms with van der Waals surface area (Å²) in [7, 11) is 0. The van der Waals surface area contributed by atoms with E-state index in [1.54, 1.807) is 24.3 Å². The molecule has 10 heteroatoms. The molecule has 198 valence electrons. The van der Waals surface area contributed by atoms with Gasteiger partial charge in [-0.1, -0.05) is 83.8 Å². The number of para-hydroxylation sites is 1. The van der Waals surface area contributed by atoms with E-state index in [2.05, 4.69) is 5.32 Å². The predicted octanol–water partition coefficient (Wildman–Crippen LogP) is 5.56. The van der Waals surface area contributed by atoms with E-state index in [1.165, 1.54) is 32.6 Å². The SMILES string of the molecule is O=C(Cn1c2c(sc1=O)[C@H](c1cccs1)C1C(=O)N(c3ccccc3)C(=O)C1S2)Nc1cccc2ccccc12. The molecule has 1 saturated heterocycles. The molecule has 0 saturated carbocycles. The van der Waals surface area contributed by atoms with Gasteiger partial charge in [-0.05, 0) is 35.0 Å². The lowest BCUT2D eigenvalue weighted by atomic mass is 9.87. The highest BCUT2D eigenvalue weighted by molar-refractivity contribution is 8.00. The maximum Gasteiger partial charge on any atom is 0.308 e. The highest BCUT2D eigenvalue weighted by Crippen LogP contribution is 2.54. The van der Waals surface area contributed by atoms with Crippen LogP contribution < -0.4 is 15.1 Å². The molecule has 5 aromatic rings. The zero-order chi connectivity index (χ0) is 27.4. The number of imide groups is 1. The van der Waals surface area contributed by atoms with Crippen LogP contribution in [0.15, 0.2) is 100 Å². The van der Waals surface area contributed by atoms with Gasteiger partial charge < -0.3 is 5.32 Å². The molecule has 4 heterocycles. The number of anilines is 2. The van der Waals surface area contributed by atoms with Gasteiger partial charge in [0.25, 0.3) is 0 Å². The quantitative estimate of drug-likeness (QED) is 0.274. The second-order valence-electron chi connectivity index (χ2n) is 9.60. The number of aromatic nitrogens is 1. The van der Waals surface area contributed by atoms with E-state index in [1.807, 2.05) is 66.0 Å². The van der Waals surface area contributed by atoms with E-state index in [-0.39, 0.29) is 29.1 Å². The molecule has 7 rings (SSSR count). The average Bonchev–Trinajstić information content (AvgIpc) is 3.66. The van der Waals surface area contributed by atoms with E-state index in [0.29, 0.717) is 16.4 Å². The Balaban J connectivity index is 1.26. The highest BCUT2D eigenvalue weighted by atomic mass is 32.2. The minimum absolute atomic E-state index is 0.194. The molecule has 2 unspecified atom stereocenters. The Bertz CT molecular complexity index is 1840. The lowest BCUT2D eigenvalue weighted by Gasteiger charge is -2.29. The maximum absolute atomic E-state index is 13.8. The fourth-order valence-corrected chi connectivity index (χ4v) is 9.25. The van der Waals surface area contributed by atoms with Crippen molar-refractivity contribution < 1.29 is 14.4 Å². The van der Waals surface area contributed by atoms with Crippen LogP contribution in [0.3, 0.4) is 0 Å². The number of thiazole rings is 1. The largest absolute Gasteiger partial charge is 0.324 e. The van der Waals surface area contributed by atoms with Crippen LogP contribution in [0, 0.1) is 5.92 Å². The molecule has 3 amide bonds. The summed E-state index contributed by atoms with van der Waals surface area (Å²) in [5.41, 5.74) is 1.20. The van der Waals surface area contributed by atoms with Gasteiger partial charge in [0.1, 0.15) is 11.8 Å². The first-order valence-corrected chi connectivity index (χ1v) is 15.2. The van der Waals surface area contributed by atoms with Gasteiger partial charge >= 0.3 is 4.87 Å². The van der Waals surface area contributed by atoms with E-state index in [4.69, 9.17) is 0 Å². The van der Waals surface area contributed by atoms with Crippen molar-refractivity contribution >= 4 is 74.3 Å². The molecule has 40 heavy (non-hydrogen) atoms. The molecule has 0 aliphatic carbocycles. The number of hydrogen-bond acceptors (Lipinski definition) is 7. The fourth-order valence-electron chi connectivity index (χ4n) is 5.53. The number of thiophene rings is 1. The smallest absolute Gasteiger partial charge is 0.308 e. The third-order valence-electron chi connectivity index (χ3n) is 7.28. The topological polar surface area (TPSA) is 88.5 Å². The lowest BCUT2D eigenvalue weighted by Crippen LogP contribution is -2.32. The molecule has 0 radical (unpaired) electrons. The monoisotopic (exact) mass is 583 g/mol. The third-order valence-corrected chi connectivity index (χ3v) is 10.8. The summed E-state index contributed by atoms with van der Waals surface area (Å²) in [4.78, 5) is 56.7. The zero-order valence-corrected chi connectivity index (χ0v) is 23.3. The van der Waals surface area contributed by atoms with Crippen molar-refractivity contribution in [2.75, 3.05) is 10.2 Å². The van der Waals surface area contributed by atoms with Crippen LogP contribution in [0.1, 0.15) is 15.7 Å². The van der Waals surface area contributed by atoms with Crippen LogP contribution in [0.2, 0.25) is 0 Å². The fraction of sp³-hybridized carbons (Fsp3) is 0.133. The summed E-state index contributed by atoms with van der Waals surface area (Å²) in [5, 5.41) is 6.67. The van der Waals surface area contributed by atoms with Gasteiger partial charge in [-0.3, -0.25) is 23.7 Å². The van der Waals surface area contributed by atoms with Gasteiger partial charge in [0.2, 0.25) is 17.7 Å². The number of benzene rings is 3. The van der Waals surface area contributed by atoms with Gasteiger partial charge in [-0.2, -0.15) is 0 Å². The van der Waals surface area contributed by atoms with Crippen LogP contribution in [0.5, 0.6) is 0 Å². The van der Waals surface area contributed by atoms with Gasteiger partial charge in [-0.25, -0.2) is 4.90 Å². The zero-order valence-electron chi connectivity index (χ0n) is 20.9. The Hall–Kier alpha value is -3.99. The average molecular weight is 584 g/mol. The van der Waals surface area contributed by atoms with Gasteiger partial charge in [-0.15, -0.1) is 11.3 Å². The Kier molecular flexibility index (Phi) is 6.18. The summed E-state index contributed by atoms with van der Waals surface area (Å²) in [6.45, 7) is -0.194. The van der Waals surface area contributed by atoms with Crippen LogP contribution in [0.4, 0.5) is 11.4 Å². The molecule has 1 N–H and O–H groups in total. The first-order chi connectivity index (χ1) is 19.5. The number of nitrogens with zero attached hydrogens (tertiary/aromatic N) is 2. The Morgan fingerprint density at radius 2 is 1.62 bits per heavy atom. The number of carbonyl (C=O) groups is 3. The highest BCUT2D eigenvalue weighted by Gasteiger charge is 2.57. The minimum atomic E-state index is -0.700. The molecule has 1 fully saturated rings. The first kappa shape index (κ1) is 25.0. The summed E-state index contributed by atoms with van der Waals surface area (Å²) in [6, 6.07) is 26.2. The summed E-state index contributed by atoms with van der Waals surface area (Å²) in [6.07, 6.45) is 0. The standard InChI is InChI=1S/C30H21N3O4S3/c34-22(31-20-13-6-9-17-8-4-5-12-19(17)20)16-32-29-26(40-30(32)37)23(21-14-7-15-38-21)24-25(39-29)28(36)33(27(24)35)18-10-2-1-3-11-18/h1-15,23-25H,16H2,(H,31,34)/t23-,24?,25?/m1/s1. The molecule has 3 aromatic carbocycles. The Morgan fingerprint density at radius 3 is 2.42 bits per heavy atom. The lowest BCUT2D eigenvalue weighted by molar-refractivity contribution is -0.122. The molecule has 3 atom stereocenters. The predicted molar refractivity (Wildman–Crippen MR) is 159 cm³/mol. The number of amides is 3. The van der Waals surface area contributed by atoms with Crippen molar-refractivity contribution in [2.24, 2.45) is 5.92 Å². The van der Waals surface area contributed by atoms with Crippen LogP contribution in [-0.2, 0) is 20.9 Å². The van der Waals surface area contributed by atoms with E-state index in [0.717, 1.165) is 31.9 Å². The number of thioether (sulfide) groups is 1. The molecular weight excluding hydrogens is 563 g/mol. The van der Waals surface area contributed by atoms with Gasteiger partial charge in [0.05, 0.1) is 16.6 Å². The van der Waals surface area contributed by atoms with Gasteiger partial charge in [0, 0.05) is 26.7 Å². The van der Waals surface area contributed by atoms with Crippen LogP contribution in [-0.4, -0.2) is 27.5 Å². The Morgan fingerprint density at radius 1 is 0.850 bits per heavy atom. The second-order valence-corrected chi connectivity index (χ2v) is 12.7. The molecule has 0 spiro atoms. The van der Waals surface area contributed by atoms with E-state index in [9.17, 15) is 19.2 Å². The van der Waals surface area contributed by atoms with Crippen molar-refractivity contribution in [3.63, 3.8) is 0 Å². The van der Waals surface area contributed by atoms with Crippen LogP contribution in [0.25, 0.3) is 10.8 Å². The molecule has 2 aliphatic rings. The van der Waals surface area contributed by atoms with Crippen molar-refractivity contribution in [3.05, 3.63) is 110 Å².